The SMILES string of the molecule is CCc1ccc(C(C)C(=O)NC(CCCO)c2ccccc2)cc1. The minimum Gasteiger partial charge on any atom is -0.396 e. The summed E-state index contributed by atoms with van der Waals surface area (Å²) in [5, 5.41) is 12.3. The molecule has 2 aromatic rings. The van der Waals surface area contributed by atoms with Crippen LogP contribution in [-0.2, 0) is 11.2 Å². The summed E-state index contributed by atoms with van der Waals surface area (Å²) in [7, 11) is 0. The lowest BCUT2D eigenvalue weighted by Gasteiger charge is -2.22. The van der Waals surface area contributed by atoms with E-state index in [0.717, 1.165) is 24.0 Å². The van der Waals surface area contributed by atoms with E-state index < -0.39 is 0 Å². The zero-order valence-corrected chi connectivity index (χ0v) is 14.5. The molecule has 2 unspecified atom stereocenters. The number of aliphatic hydroxyl groups is 1. The molecular weight excluding hydrogens is 298 g/mol. The maximum absolute atomic E-state index is 12.7. The average Bonchev–Trinajstić information content (AvgIpc) is 2.65. The number of hydrogen-bond acceptors (Lipinski definition) is 2. The highest BCUT2D eigenvalue weighted by Crippen LogP contribution is 2.22. The Morgan fingerprint density at radius 3 is 2.29 bits per heavy atom. The van der Waals surface area contributed by atoms with Crippen LogP contribution in [-0.4, -0.2) is 17.6 Å². The fourth-order valence-electron chi connectivity index (χ4n) is 2.79. The van der Waals surface area contributed by atoms with Crippen LogP contribution in [0.25, 0.3) is 0 Å². The standard InChI is InChI=1S/C21H27NO2/c1-3-17-11-13-18(14-12-17)16(2)21(24)22-20(10-7-15-23)19-8-5-4-6-9-19/h4-6,8-9,11-14,16,20,23H,3,7,10,15H2,1-2H3,(H,22,24). The second-order valence-corrected chi connectivity index (χ2v) is 6.15. The Morgan fingerprint density at radius 2 is 1.71 bits per heavy atom. The number of benzene rings is 2. The van der Waals surface area contributed by atoms with Crippen LogP contribution >= 0.6 is 0 Å². The molecule has 0 aliphatic heterocycles. The first-order valence-electron chi connectivity index (χ1n) is 8.70. The van der Waals surface area contributed by atoms with Crippen molar-refractivity contribution in [2.75, 3.05) is 6.61 Å². The van der Waals surface area contributed by atoms with E-state index in [1.807, 2.05) is 49.4 Å². The third-order valence-electron chi connectivity index (χ3n) is 4.45. The first-order valence-corrected chi connectivity index (χ1v) is 8.70. The Labute approximate surface area is 144 Å². The van der Waals surface area contributed by atoms with Crippen molar-refractivity contribution < 1.29 is 9.90 Å². The molecule has 2 rings (SSSR count). The summed E-state index contributed by atoms with van der Waals surface area (Å²) in [4.78, 5) is 12.7. The molecule has 3 heteroatoms. The second-order valence-electron chi connectivity index (χ2n) is 6.15. The minimum atomic E-state index is -0.198. The smallest absolute Gasteiger partial charge is 0.227 e. The van der Waals surface area contributed by atoms with Gasteiger partial charge < -0.3 is 10.4 Å². The van der Waals surface area contributed by atoms with E-state index in [2.05, 4.69) is 24.4 Å². The molecule has 1 amide bonds. The maximum Gasteiger partial charge on any atom is 0.227 e. The monoisotopic (exact) mass is 325 g/mol. The zero-order chi connectivity index (χ0) is 17.4. The van der Waals surface area contributed by atoms with Crippen LogP contribution < -0.4 is 5.32 Å². The highest BCUT2D eigenvalue weighted by atomic mass is 16.3. The number of nitrogens with one attached hydrogen (secondary N) is 1. The maximum atomic E-state index is 12.7. The van der Waals surface area contributed by atoms with Crippen molar-refractivity contribution in [1.82, 2.24) is 5.32 Å². The number of aliphatic hydroxyl groups excluding tert-OH is 1. The first-order chi connectivity index (χ1) is 11.7. The van der Waals surface area contributed by atoms with E-state index in [9.17, 15) is 4.79 Å². The molecule has 0 saturated heterocycles. The third kappa shape index (κ3) is 4.93. The van der Waals surface area contributed by atoms with Gasteiger partial charge in [0.2, 0.25) is 5.91 Å². The number of rotatable bonds is 8. The summed E-state index contributed by atoms with van der Waals surface area (Å²) in [5.41, 5.74) is 3.38. The predicted molar refractivity (Wildman–Crippen MR) is 97.9 cm³/mol. The predicted octanol–water partition coefficient (Wildman–Crippen LogP) is 3.98. The van der Waals surface area contributed by atoms with Crippen LogP contribution in [0.2, 0.25) is 0 Å². The summed E-state index contributed by atoms with van der Waals surface area (Å²) in [5.74, 6) is -0.178. The number of hydrogen-bond donors (Lipinski definition) is 2. The molecule has 2 aromatic carbocycles. The highest BCUT2D eigenvalue weighted by Gasteiger charge is 2.20. The van der Waals surface area contributed by atoms with Gasteiger partial charge in [-0.2, -0.15) is 0 Å². The fourth-order valence-corrected chi connectivity index (χ4v) is 2.79. The molecule has 3 nitrogen and oxygen atoms in total. The molecule has 2 N–H and O–H groups in total. The molecule has 0 aromatic heterocycles. The van der Waals surface area contributed by atoms with Gasteiger partial charge in [-0.15, -0.1) is 0 Å². The topological polar surface area (TPSA) is 49.3 Å². The molecule has 0 saturated carbocycles. The summed E-state index contributed by atoms with van der Waals surface area (Å²) in [6.07, 6.45) is 2.39. The highest BCUT2D eigenvalue weighted by molar-refractivity contribution is 5.83. The normalized spacial score (nSPS) is 13.3. The molecule has 0 aliphatic carbocycles. The Kier molecular flexibility index (Phi) is 7.01. The lowest BCUT2D eigenvalue weighted by atomic mass is 9.96. The minimum absolute atomic E-state index is 0.0195. The van der Waals surface area contributed by atoms with Crippen molar-refractivity contribution in [3.05, 3.63) is 71.3 Å². The van der Waals surface area contributed by atoms with Crippen molar-refractivity contribution >= 4 is 5.91 Å². The van der Waals surface area contributed by atoms with E-state index in [-0.39, 0.29) is 24.5 Å². The van der Waals surface area contributed by atoms with Crippen molar-refractivity contribution in [3.8, 4) is 0 Å². The van der Waals surface area contributed by atoms with Gasteiger partial charge in [-0.3, -0.25) is 4.79 Å². The van der Waals surface area contributed by atoms with Crippen molar-refractivity contribution in [2.24, 2.45) is 0 Å². The molecule has 0 heterocycles. The van der Waals surface area contributed by atoms with Gasteiger partial charge in [-0.25, -0.2) is 0 Å². The Morgan fingerprint density at radius 1 is 1.04 bits per heavy atom. The molecule has 0 bridgehead atoms. The molecule has 0 aliphatic rings. The average molecular weight is 325 g/mol. The van der Waals surface area contributed by atoms with E-state index in [1.165, 1.54) is 5.56 Å². The quantitative estimate of drug-likeness (QED) is 0.771. The van der Waals surface area contributed by atoms with E-state index >= 15 is 0 Å². The van der Waals surface area contributed by atoms with Crippen LogP contribution in [0.4, 0.5) is 0 Å². The van der Waals surface area contributed by atoms with Gasteiger partial charge in [0.15, 0.2) is 0 Å². The van der Waals surface area contributed by atoms with Gasteiger partial charge in [0.25, 0.3) is 0 Å². The van der Waals surface area contributed by atoms with Gasteiger partial charge in [0.05, 0.1) is 12.0 Å². The second kappa shape index (κ2) is 9.24. The van der Waals surface area contributed by atoms with Crippen molar-refractivity contribution in [3.63, 3.8) is 0 Å². The molecule has 2 atom stereocenters. The summed E-state index contributed by atoms with van der Waals surface area (Å²) in [6.45, 7) is 4.19. The van der Waals surface area contributed by atoms with Crippen LogP contribution in [0.5, 0.6) is 0 Å². The van der Waals surface area contributed by atoms with Crippen molar-refractivity contribution in [2.45, 2.75) is 45.1 Å². The van der Waals surface area contributed by atoms with Crippen LogP contribution in [0.1, 0.15) is 55.3 Å². The summed E-state index contributed by atoms with van der Waals surface area (Å²) >= 11 is 0. The van der Waals surface area contributed by atoms with E-state index in [0.29, 0.717) is 6.42 Å². The van der Waals surface area contributed by atoms with Crippen LogP contribution in [0, 0.1) is 0 Å². The third-order valence-corrected chi connectivity index (χ3v) is 4.45. The molecule has 0 spiro atoms. The Bertz CT molecular complexity index is 622. The van der Waals surface area contributed by atoms with Gasteiger partial charge in [0.1, 0.15) is 0 Å². The lowest BCUT2D eigenvalue weighted by molar-refractivity contribution is -0.123. The van der Waals surface area contributed by atoms with Gasteiger partial charge in [0, 0.05) is 6.61 Å². The van der Waals surface area contributed by atoms with E-state index in [1.54, 1.807) is 0 Å². The number of carbonyl (C=O) groups is 1. The van der Waals surface area contributed by atoms with Gasteiger partial charge in [-0.05, 0) is 42.9 Å². The van der Waals surface area contributed by atoms with Crippen LogP contribution in [0.15, 0.2) is 54.6 Å². The van der Waals surface area contributed by atoms with Crippen molar-refractivity contribution in [1.29, 1.82) is 0 Å². The summed E-state index contributed by atoms with van der Waals surface area (Å²) < 4.78 is 0. The molecular formula is C21H27NO2. The fraction of sp³-hybridized carbons (Fsp3) is 0.381. The van der Waals surface area contributed by atoms with E-state index in [4.69, 9.17) is 5.11 Å². The zero-order valence-electron chi connectivity index (χ0n) is 14.5. The largest absolute Gasteiger partial charge is 0.396 e. The molecule has 128 valence electrons. The van der Waals surface area contributed by atoms with Gasteiger partial charge in [-0.1, -0.05) is 61.5 Å². The first kappa shape index (κ1) is 18.2. The molecule has 0 fully saturated rings. The Balaban J connectivity index is 2.08. The number of aryl methyl sites for hydroxylation is 1. The van der Waals surface area contributed by atoms with Gasteiger partial charge >= 0.3 is 0 Å². The number of carbonyl (C=O) groups excluding carboxylic acids is 1. The summed E-state index contributed by atoms with van der Waals surface area (Å²) in [6, 6.07) is 18.1. The molecule has 0 radical (unpaired) electrons. The Hall–Kier alpha value is -2.13. The lowest BCUT2D eigenvalue weighted by Crippen LogP contribution is -2.32. The van der Waals surface area contributed by atoms with Crippen LogP contribution in [0.3, 0.4) is 0 Å². The molecule has 24 heavy (non-hydrogen) atoms. The number of amides is 1.